The van der Waals surface area contributed by atoms with Gasteiger partial charge in [-0.25, -0.2) is 0 Å². The number of fused-ring (bicyclic) bond motifs is 3. The van der Waals surface area contributed by atoms with Crippen molar-refractivity contribution in [2.75, 3.05) is 0 Å². The van der Waals surface area contributed by atoms with Crippen LogP contribution < -0.4 is 0 Å². The van der Waals surface area contributed by atoms with Crippen molar-refractivity contribution in [1.82, 2.24) is 8.75 Å². The highest BCUT2D eigenvalue weighted by Gasteiger charge is 2.03. The predicted octanol–water partition coefficient (Wildman–Crippen LogP) is 3.61. The Balaban J connectivity index is 2.57. The molecular formula is C10H5BrN2S. The maximum absolute atomic E-state index is 4.29. The molecule has 2 aromatic carbocycles. The third-order valence-electron chi connectivity index (χ3n) is 2.20. The fourth-order valence-electron chi connectivity index (χ4n) is 1.55. The Morgan fingerprint density at radius 2 is 2.00 bits per heavy atom. The van der Waals surface area contributed by atoms with Gasteiger partial charge in [-0.15, -0.1) is 0 Å². The monoisotopic (exact) mass is 264 g/mol. The zero-order chi connectivity index (χ0) is 9.54. The largest absolute Gasteiger partial charge is 0.173 e. The Hall–Kier alpha value is -1.00. The molecule has 68 valence electrons. The Morgan fingerprint density at radius 1 is 1.07 bits per heavy atom. The highest BCUT2D eigenvalue weighted by Crippen LogP contribution is 2.26. The van der Waals surface area contributed by atoms with Gasteiger partial charge in [0.05, 0.1) is 11.7 Å². The Bertz CT molecular complexity index is 618. The summed E-state index contributed by atoms with van der Waals surface area (Å²) in [5.41, 5.74) is 1.98. The second-order valence-corrected chi connectivity index (χ2v) is 4.51. The molecule has 0 unspecified atom stereocenters. The molecule has 0 spiro atoms. The summed E-state index contributed by atoms with van der Waals surface area (Å²) >= 11 is 4.71. The molecule has 14 heavy (non-hydrogen) atoms. The van der Waals surface area contributed by atoms with Crippen molar-refractivity contribution in [3.8, 4) is 0 Å². The number of hydrogen-bond acceptors (Lipinski definition) is 3. The van der Waals surface area contributed by atoms with E-state index in [1.165, 1.54) is 22.5 Å². The highest BCUT2D eigenvalue weighted by atomic mass is 79.9. The van der Waals surface area contributed by atoms with Crippen molar-refractivity contribution in [2.45, 2.75) is 0 Å². The van der Waals surface area contributed by atoms with Crippen molar-refractivity contribution in [3.05, 3.63) is 34.8 Å². The third-order valence-corrected chi connectivity index (χ3v) is 3.24. The first-order chi connectivity index (χ1) is 6.84. The summed E-state index contributed by atoms with van der Waals surface area (Å²) in [6.07, 6.45) is 0. The van der Waals surface area contributed by atoms with Crippen molar-refractivity contribution in [1.29, 1.82) is 0 Å². The second kappa shape index (κ2) is 3.00. The smallest absolute Gasteiger partial charge is 0.112 e. The lowest BCUT2D eigenvalue weighted by molar-refractivity contribution is 1.66. The van der Waals surface area contributed by atoms with Gasteiger partial charge in [-0.3, -0.25) is 0 Å². The topological polar surface area (TPSA) is 25.8 Å². The summed E-state index contributed by atoms with van der Waals surface area (Å²) in [7, 11) is 0. The molecule has 1 aromatic heterocycles. The molecule has 2 nitrogen and oxygen atoms in total. The van der Waals surface area contributed by atoms with E-state index in [1.807, 2.05) is 12.1 Å². The molecule has 0 atom stereocenters. The molecule has 3 aromatic rings. The molecule has 0 saturated carbocycles. The van der Waals surface area contributed by atoms with Gasteiger partial charge >= 0.3 is 0 Å². The maximum atomic E-state index is 4.29. The van der Waals surface area contributed by atoms with E-state index < -0.39 is 0 Å². The first-order valence-electron chi connectivity index (χ1n) is 4.15. The number of rotatable bonds is 0. The SMILES string of the molecule is Brc1ccc2c(ccc3nsnc32)c1. The standard InChI is InChI=1S/C10H5BrN2S/c11-7-2-3-8-6(5-7)1-4-9-10(8)13-14-12-9/h1-5H. The number of aromatic nitrogens is 2. The molecule has 0 aliphatic heterocycles. The van der Waals surface area contributed by atoms with Gasteiger partial charge in [0.2, 0.25) is 0 Å². The number of halogens is 1. The van der Waals surface area contributed by atoms with Crippen LogP contribution in [0.5, 0.6) is 0 Å². The number of hydrogen-bond donors (Lipinski definition) is 0. The quantitative estimate of drug-likeness (QED) is 0.620. The van der Waals surface area contributed by atoms with Gasteiger partial charge in [0.25, 0.3) is 0 Å². The van der Waals surface area contributed by atoms with Crippen molar-refractivity contribution in [3.63, 3.8) is 0 Å². The molecule has 1 heterocycles. The van der Waals surface area contributed by atoms with Crippen LogP contribution in [0.15, 0.2) is 34.8 Å². The van der Waals surface area contributed by atoms with Crippen LogP contribution in [-0.4, -0.2) is 8.75 Å². The summed E-state index contributed by atoms with van der Waals surface area (Å²) in [4.78, 5) is 0. The van der Waals surface area contributed by atoms with Crippen LogP contribution in [0.2, 0.25) is 0 Å². The Labute approximate surface area is 93.0 Å². The first kappa shape index (κ1) is 8.32. The van der Waals surface area contributed by atoms with Crippen LogP contribution in [0.3, 0.4) is 0 Å². The third kappa shape index (κ3) is 1.14. The minimum atomic E-state index is 0.977. The second-order valence-electron chi connectivity index (χ2n) is 3.06. The van der Waals surface area contributed by atoms with Crippen LogP contribution in [0.4, 0.5) is 0 Å². The minimum Gasteiger partial charge on any atom is -0.173 e. The fraction of sp³-hybridized carbons (Fsp3) is 0. The van der Waals surface area contributed by atoms with Crippen LogP contribution in [0.25, 0.3) is 21.8 Å². The number of benzene rings is 2. The highest BCUT2D eigenvalue weighted by molar-refractivity contribution is 9.10. The molecular weight excluding hydrogens is 260 g/mol. The zero-order valence-electron chi connectivity index (χ0n) is 7.07. The lowest BCUT2D eigenvalue weighted by Gasteiger charge is -1.97. The Kier molecular flexibility index (Phi) is 1.78. The minimum absolute atomic E-state index is 0.977. The molecule has 0 fully saturated rings. The van der Waals surface area contributed by atoms with Gasteiger partial charge in [-0.1, -0.05) is 28.1 Å². The maximum Gasteiger partial charge on any atom is 0.112 e. The first-order valence-corrected chi connectivity index (χ1v) is 5.67. The summed E-state index contributed by atoms with van der Waals surface area (Å²) in [5, 5.41) is 2.36. The molecule has 0 N–H and O–H groups in total. The molecule has 0 aliphatic carbocycles. The summed E-state index contributed by atoms with van der Waals surface area (Å²) in [6, 6.07) is 10.3. The van der Waals surface area contributed by atoms with E-state index in [-0.39, 0.29) is 0 Å². The van der Waals surface area contributed by atoms with Crippen LogP contribution in [0, 0.1) is 0 Å². The van der Waals surface area contributed by atoms with Gasteiger partial charge in [-0.2, -0.15) is 8.75 Å². The van der Waals surface area contributed by atoms with E-state index in [4.69, 9.17) is 0 Å². The molecule has 0 saturated heterocycles. The normalized spacial score (nSPS) is 11.2. The molecule has 0 bridgehead atoms. The van der Waals surface area contributed by atoms with E-state index in [2.05, 4.69) is 42.9 Å². The van der Waals surface area contributed by atoms with Gasteiger partial charge in [0.1, 0.15) is 11.0 Å². The van der Waals surface area contributed by atoms with Crippen LogP contribution in [-0.2, 0) is 0 Å². The molecule has 0 radical (unpaired) electrons. The number of nitrogens with zero attached hydrogens (tertiary/aromatic N) is 2. The predicted molar refractivity (Wildman–Crippen MR) is 62.6 cm³/mol. The molecule has 4 heteroatoms. The van der Waals surface area contributed by atoms with E-state index in [0.717, 1.165) is 15.5 Å². The van der Waals surface area contributed by atoms with E-state index in [0.29, 0.717) is 0 Å². The van der Waals surface area contributed by atoms with Crippen molar-refractivity contribution in [2.24, 2.45) is 0 Å². The average molecular weight is 265 g/mol. The average Bonchev–Trinajstić information content (AvgIpc) is 2.65. The van der Waals surface area contributed by atoms with Gasteiger partial charge in [-0.05, 0) is 23.6 Å². The van der Waals surface area contributed by atoms with Crippen molar-refractivity contribution >= 4 is 49.5 Å². The molecule has 0 aliphatic rings. The summed E-state index contributed by atoms with van der Waals surface area (Å²) in [6.45, 7) is 0. The molecule has 0 amide bonds. The van der Waals surface area contributed by atoms with Crippen molar-refractivity contribution < 1.29 is 0 Å². The van der Waals surface area contributed by atoms with Crippen LogP contribution in [0.1, 0.15) is 0 Å². The van der Waals surface area contributed by atoms with Gasteiger partial charge < -0.3 is 0 Å². The lowest BCUT2D eigenvalue weighted by atomic mass is 10.1. The molecule has 3 rings (SSSR count). The lowest BCUT2D eigenvalue weighted by Crippen LogP contribution is -1.75. The summed E-state index contributed by atoms with van der Waals surface area (Å²) < 4.78 is 9.59. The van der Waals surface area contributed by atoms with Gasteiger partial charge in [0, 0.05) is 9.86 Å². The van der Waals surface area contributed by atoms with E-state index in [1.54, 1.807) is 0 Å². The van der Waals surface area contributed by atoms with Gasteiger partial charge in [0.15, 0.2) is 0 Å². The van der Waals surface area contributed by atoms with E-state index in [9.17, 15) is 0 Å². The van der Waals surface area contributed by atoms with Crippen LogP contribution >= 0.6 is 27.7 Å². The Morgan fingerprint density at radius 3 is 2.93 bits per heavy atom. The zero-order valence-corrected chi connectivity index (χ0v) is 9.47. The summed E-state index contributed by atoms with van der Waals surface area (Å²) in [5.74, 6) is 0. The fourth-order valence-corrected chi connectivity index (χ4v) is 2.48. The van der Waals surface area contributed by atoms with E-state index >= 15 is 0 Å².